The van der Waals surface area contributed by atoms with Crippen LogP contribution in [-0.4, -0.2) is 63.6 Å². The first-order valence-electron chi connectivity index (χ1n) is 14.8. The van der Waals surface area contributed by atoms with Crippen LogP contribution in [0.2, 0.25) is 5.02 Å². The van der Waals surface area contributed by atoms with Crippen molar-refractivity contribution < 1.29 is 23.5 Å². The third-order valence-corrected chi connectivity index (χ3v) is 9.20. The largest absolute Gasteiger partial charge is 0.507 e. The number of carbonyl (C=O) groups excluding carboxylic acids is 2. The van der Waals surface area contributed by atoms with Crippen LogP contribution in [0.3, 0.4) is 0 Å². The van der Waals surface area contributed by atoms with Gasteiger partial charge < -0.3 is 19.8 Å². The van der Waals surface area contributed by atoms with Gasteiger partial charge in [-0.15, -0.1) is 0 Å². The summed E-state index contributed by atoms with van der Waals surface area (Å²) in [4.78, 5) is 50.4. The number of amides is 2. The van der Waals surface area contributed by atoms with Gasteiger partial charge in [-0.05, 0) is 55.7 Å². The average Bonchev–Trinajstić information content (AvgIpc) is 3.00. The number of halogens is 3. The highest BCUT2D eigenvalue weighted by atomic mass is 35.5. The molecule has 2 aromatic carbocycles. The molecule has 9 nitrogen and oxygen atoms in total. The lowest BCUT2D eigenvalue weighted by molar-refractivity contribution is -0.130. The molecule has 46 heavy (non-hydrogen) atoms. The Bertz CT molecular complexity index is 2020. The van der Waals surface area contributed by atoms with Gasteiger partial charge in [0, 0.05) is 36.8 Å². The number of anilines is 2. The summed E-state index contributed by atoms with van der Waals surface area (Å²) in [6.45, 7) is 11.1. The molecule has 2 atom stereocenters. The quantitative estimate of drug-likeness (QED) is 0.286. The zero-order chi connectivity index (χ0) is 33.4. The molecule has 2 aromatic heterocycles. The minimum atomic E-state index is -1.04. The van der Waals surface area contributed by atoms with Crippen molar-refractivity contribution in [3.8, 4) is 22.6 Å². The first-order valence-corrected chi connectivity index (χ1v) is 15.2. The van der Waals surface area contributed by atoms with Gasteiger partial charge in [-0.1, -0.05) is 38.1 Å². The van der Waals surface area contributed by atoms with Crippen LogP contribution in [0.15, 0.2) is 54.0 Å². The standard InChI is InChI=1S/C34H32ClF2N5O4/c1-7-24(44)40-15-22-33(45)39(6)32-31(41(22)14-18(40)5)19-13-20(35)25(26-21(36)9-8-10-23(26)43)27(37)30(19)42(34(32)46)29-17(4)11-12-38-28(29)16(2)3/h7-13,16,18,22,43H,1,14-15H2,2-6H3. The van der Waals surface area contributed by atoms with E-state index in [4.69, 9.17) is 11.6 Å². The number of aryl methyl sites for hydroxylation is 1. The second kappa shape index (κ2) is 11.2. The molecule has 0 spiro atoms. The molecule has 1 fully saturated rings. The lowest BCUT2D eigenvalue weighted by Crippen LogP contribution is -2.66. The van der Waals surface area contributed by atoms with E-state index in [0.717, 1.165) is 6.07 Å². The van der Waals surface area contributed by atoms with Crippen molar-refractivity contribution in [1.82, 2.24) is 14.5 Å². The van der Waals surface area contributed by atoms with Gasteiger partial charge in [-0.3, -0.25) is 23.9 Å². The number of carbonyl (C=O) groups is 2. The van der Waals surface area contributed by atoms with Crippen molar-refractivity contribution in [3.63, 3.8) is 0 Å². The summed E-state index contributed by atoms with van der Waals surface area (Å²) < 4.78 is 33.7. The number of fused-ring (bicyclic) bond motifs is 5. The molecule has 0 radical (unpaired) electrons. The van der Waals surface area contributed by atoms with E-state index < -0.39 is 52.1 Å². The molecular weight excluding hydrogens is 616 g/mol. The van der Waals surface area contributed by atoms with E-state index in [-0.39, 0.29) is 52.2 Å². The topological polar surface area (TPSA) is 99.0 Å². The van der Waals surface area contributed by atoms with Crippen LogP contribution in [0, 0.1) is 18.6 Å². The number of rotatable bonds is 4. The second-order valence-corrected chi connectivity index (χ2v) is 12.4. The summed E-state index contributed by atoms with van der Waals surface area (Å²) in [5.41, 5.74) is -0.0983. The molecule has 2 aliphatic heterocycles. The minimum absolute atomic E-state index is 0.000591. The van der Waals surface area contributed by atoms with Gasteiger partial charge in [0.2, 0.25) is 5.91 Å². The van der Waals surface area contributed by atoms with Crippen LogP contribution < -0.4 is 15.4 Å². The number of phenols is 1. The molecule has 6 rings (SSSR count). The molecule has 0 aliphatic carbocycles. The summed E-state index contributed by atoms with van der Waals surface area (Å²) >= 11 is 6.75. The lowest BCUT2D eigenvalue weighted by atomic mass is 9.95. The molecule has 0 bridgehead atoms. The molecule has 2 unspecified atom stereocenters. The van der Waals surface area contributed by atoms with E-state index in [9.17, 15) is 19.5 Å². The molecule has 1 saturated heterocycles. The van der Waals surface area contributed by atoms with Crippen LogP contribution in [-0.2, 0) is 9.59 Å². The predicted octanol–water partition coefficient (Wildman–Crippen LogP) is 5.69. The first-order chi connectivity index (χ1) is 21.8. The van der Waals surface area contributed by atoms with E-state index in [1.54, 1.807) is 24.1 Å². The number of phenolic OH excluding ortho intramolecular Hbond substituents is 1. The third-order valence-electron chi connectivity index (χ3n) is 8.90. The van der Waals surface area contributed by atoms with Crippen molar-refractivity contribution in [2.75, 3.05) is 29.9 Å². The number of piperazine rings is 1. The van der Waals surface area contributed by atoms with Crippen LogP contribution in [0.25, 0.3) is 27.7 Å². The zero-order valence-electron chi connectivity index (χ0n) is 25.9. The van der Waals surface area contributed by atoms with Crippen LogP contribution in [0.5, 0.6) is 5.75 Å². The van der Waals surface area contributed by atoms with Crippen molar-refractivity contribution in [1.29, 1.82) is 0 Å². The van der Waals surface area contributed by atoms with E-state index in [1.165, 1.54) is 45.7 Å². The fourth-order valence-corrected chi connectivity index (χ4v) is 7.00. The molecule has 12 heteroatoms. The molecule has 2 amide bonds. The normalized spacial score (nSPS) is 17.8. The number of aromatic hydroxyl groups is 1. The van der Waals surface area contributed by atoms with Crippen molar-refractivity contribution in [2.45, 2.75) is 45.7 Å². The Morgan fingerprint density at radius 1 is 1.13 bits per heavy atom. The molecule has 4 aromatic rings. The molecule has 1 N–H and O–H groups in total. The smallest absolute Gasteiger partial charge is 0.281 e. The highest BCUT2D eigenvalue weighted by molar-refractivity contribution is 6.35. The SMILES string of the molecule is C=CC(=O)N1CC2C(=O)N(C)c3c(c4cc(Cl)c(-c5c(O)cccc5F)c(F)c4n(-c4c(C)ccnc4C(C)C)c3=O)N2CC1C. The van der Waals surface area contributed by atoms with E-state index in [2.05, 4.69) is 11.6 Å². The second-order valence-electron chi connectivity index (χ2n) is 12.0. The Balaban J connectivity index is 1.80. The van der Waals surface area contributed by atoms with Gasteiger partial charge in [-0.2, -0.15) is 0 Å². The number of aromatic nitrogens is 2. The van der Waals surface area contributed by atoms with E-state index in [1.807, 2.05) is 20.8 Å². The summed E-state index contributed by atoms with van der Waals surface area (Å²) in [6.07, 6.45) is 2.78. The van der Waals surface area contributed by atoms with Crippen molar-refractivity contribution in [2.24, 2.45) is 0 Å². The van der Waals surface area contributed by atoms with Crippen molar-refractivity contribution in [3.05, 3.63) is 87.5 Å². The minimum Gasteiger partial charge on any atom is -0.507 e. The van der Waals surface area contributed by atoms with Crippen molar-refractivity contribution >= 4 is 45.7 Å². The third kappa shape index (κ3) is 4.47. The van der Waals surface area contributed by atoms with Gasteiger partial charge in [0.05, 0.1) is 39.7 Å². The zero-order valence-corrected chi connectivity index (χ0v) is 26.7. The number of nitrogens with zero attached hydrogens (tertiary/aromatic N) is 5. The number of benzene rings is 2. The average molecular weight is 648 g/mol. The highest BCUT2D eigenvalue weighted by Gasteiger charge is 2.46. The molecule has 4 heterocycles. The maximum absolute atomic E-state index is 17.3. The van der Waals surface area contributed by atoms with Gasteiger partial charge in [0.25, 0.3) is 11.5 Å². The molecule has 0 saturated carbocycles. The maximum Gasteiger partial charge on any atom is 0.281 e. The van der Waals surface area contributed by atoms with E-state index >= 15 is 8.78 Å². The predicted molar refractivity (Wildman–Crippen MR) is 174 cm³/mol. The Kier molecular flexibility index (Phi) is 7.63. The summed E-state index contributed by atoms with van der Waals surface area (Å²) in [6, 6.07) is 5.42. The van der Waals surface area contributed by atoms with Gasteiger partial charge in [0.15, 0.2) is 5.82 Å². The Hall–Kier alpha value is -4.77. The van der Waals surface area contributed by atoms with Crippen LogP contribution in [0.1, 0.15) is 37.9 Å². The van der Waals surface area contributed by atoms with Gasteiger partial charge in [-0.25, -0.2) is 8.78 Å². The Morgan fingerprint density at radius 2 is 1.85 bits per heavy atom. The molecule has 238 valence electrons. The first kappa shape index (κ1) is 31.2. The number of pyridine rings is 2. The monoisotopic (exact) mass is 647 g/mol. The fourth-order valence-electron chi connectivity index (χ4n) is 6.72. The highest BCUT2D eigenvalue weighted by Crippen LogP contribution is 2.47. The summed E-state index contributed by atoms with van der Waals surface area (Å²) in [7, 11) is 1.47. The number of hydrogen-bond donors (Lipinski definition) is 1. The molecule has 2 aliphatic rings. The van der Waals surface area contributed by atoms with Gasteiger partial charge >= 0.3 is 0 Å². The maximum atomic E-state index is 17.3. The number of hydrogen-bond acceptors (Lipinski definition) is 6. The van der Waals surface area contributed by atoms with Gasteiger partial charge in [0.1, 0.15) is 23.3 Å². The lowest BCUT2D eigenvalue weighted by Gasteiger charge is -2.50. The Labute approximate surface area is 268 Å². The molecular formula is C34H32ClF2N5O4. The number of likely N-dealkylation sites (N-methyl/N-ethyl adjacent to an activating group) is 1. The Morgan fingerprint density at radius 3 is 2.50 bits per heavy atom. The summed E-state index contributed by atoms with van der Waals surface area (Å²) in [5, 5.41) is 10.6. The van der Waals surface area contributed by atoms with Crippen LogP contribution >= 0.6 is 11.6 Å². The van der Waals surface area contributed by atoms with Crippen LogP contribution in [0.4, 0.5) is 20.2 Å². The summed E-state index contributed by atoms with van der Waals surface area (Å²) in [5.74, 6) is -3.44. The van der Waals surface area contributed by atoms with E-state index in [0.29, 0.717) is 16.9 Å². The fraction of sp³-hybridized carbons (Fsp3) is 0.294.